The van der Waals surface area contributed by atoms with Gasteiger partial charge in [-0.25, -0.2) is 4.79 Å². The van der Waals surface area contributed by atoms with Crippen molar-refractivity contribution in [3.05, 3.63) is 58.9 Å². The van der Waals surface area contributed by atoms with Crippen LogP contribution in [0.3, 0.4) is 0 Å². The van der Waals surface area contributed by atoms with Gasteiger partial charge in [0, 0.05) is 23.2 Å². The van der Waals surface area contributed by atoms with E-state index in [1.165, 1.54) is 11.6 Å². The molecule has 0 bridgehead atoms. The Morgan fingerprint density at radius 2 is 1.90 bits per heavy atom. The van der Waals surface area contributed by atoms with Crippen molar-refractivity contribution in [1.29, 1.82) is 0 Å². The van der Waals surface area contributed by atoms with Gasteiger partial charge in [0.1, 0.15) is 0 Å². The quantitative estimate of drug-likeness (QED) is 0.838. The van der Waals surface area contributed by atoms with Crippen molar-refractivity contribution in [2.75, 3.05) is 0 Å². The Morgan fingerprint density at radius 1 is 1.24 bits per heavy atom. The Bertz CT molecular complexity index is 663. The van der Waals surface area contributed by atoms with Crippen LogP contribution in [0.5, 0.6) is 0 Å². The minimum Gasteiger partial charge on any atom is -0.478 e. The molecule has 0 aliphatic carbocycles. The summed E-state index contributed by atoms with van der Waals surface area (Å²) < 4.78 is 2.15. The van der Waals surface area contributed by atoms with Gasteiger partial charge in [-0.2, -0.15) is 0 Å². The van der Waals surface area contributed by atoms with E-state index in [0.717, 1.165) is 35.5 Å². The summed E-state index contributed by atoms with van der Waals surface area (Å²) in [6.07, 6.45) is 5.06. The van der Waals surface area contributed by atoms with Gasteiger partial charge >= 0.3 is 5.97 Å². The molecule has 0 saturated heterocycles. The molecule has 1 N–H and O–H groups in total. The molecule has 2 rings (SSSR count). The van der Waals surface area contributed by atoms with Crippen LogP contribution >= 0.6 is 0 Å². The summed E-state index contributed by atoms with van der Waals surface area (Å²) >= 11 is 0. The maximum atomic E-state index is 10.7. The predicted octanol–water partition coefficient (Wildman–Crippen LogP) is 4.14. The van der Waals surface area contributed by atoms with E-state index in [2.05, 4.69) is 35.8 Å². The number of carboxylic acids is 1. The first-order chi connectivity index (χ1) is 10.0. The summed E-state index contributed by atoms with van der Waals surface area (Å²) in [7, 11) is 0. The molecule has 3 heteroatoms. The number of hydrogen-bond donors (Lipinski definition) is 1. The van der Waals surface area contributed by atoms with E-state index in [9.17, 15) is 4.79 Å². The van der Waals surface area contributed by atoms with E-state index in [0.29, 0.717) is 0 Å². The Labute approximate surface area is 125 Å². The van der Waals surface area contributed by atoms with Gasteiger partial charge in [0.05, 0.1) is 0 Å². The first-order valence-corrected chi connectivity index (χ1v) is 7.22. The molecule has 0 unspecified atom stereocenters. The molecule has 110 valence electrons. The number of aromatic nitrogens is 1. The van der Waals surface area contributed by atoms with Crippen molar-refractivity contribution < 1.29 is 9.90 Å². The van der Waals surface area contributed by atoms with E-state index in [4.69, 9.17) is 5.11 Å². The number of benzene rings is 1. The zero-order valence-electron chi connectivity index (χ0n) is 12.8. The van der Waals surface area contributed by atoms with Gasteiger partial charge in [-0.15, -0.1) is 0 Å². The lowest BCUT2D eigenvalue weighted by molar-refractivity contribution is -0.131. The average molecular weight is 283 g/mol. The lowest BCUT2D eigenvalue weighted by atomic mass is 10.1. The standard InChI is InChI=1S/C18H21NO2/c1-4-5-15-6-9-17(10-7-15)19-13(2)12-16(14(19)3)8-11-18(20)21/h6-12H,4-5H2,1-3H3,(H,20,21)/b11-8+. The highest BCUT2D eigenvalue weighted by Gasteiger charge is 2.09. The molecule has 1 heterocycles. The van der Waals surface area contributed by atoms with E-state index in [-0.39, 0.29) is 0 Å². The lowest BCUT2D eigenvalue weighted by Crippen LogP contribution is -1.99. The van der Waals surface area contributed by atoms with Crippen LogP contribution in [0.1, 0.15) is 35.9 Å². The highest BCUT2D eigenvalue weighted by atomic mass is 16.4. The first kappa shape index (κ1) is 15.1. The van der Waals surface area contributed by atoms with Gasteiger partial charge in [-0.05, 0) is 55.7 Å². The Hall–Kier alpha value is -2.29. The molecule has 1 aromatic heterocycles. The first-order valence-electron chi connectivity index (χ1n) is 7.22. The number of rotatable bonds is 5. The third kappa shape index (κ3) is 3.43. The van der Waals surface area contributed by atoms with Crippen LogP contribution in [0.2, 0.25) is 0 Å². The second-order valence-electron chi connectivity index (χ2n) is 5.25. The van der Waals surface area contributed by atoms with E-state index < -0.39 is 5.97 Å². The molecule has 0 aliphatic rings. The molecule has 3 nitrogen and oxygen atoms in total. The van der Waals surface area contributed by atoms with Gasteiger partial charge < -0.3 is 9.67 Å². The third-order valence-corrected chi connectivity index (χ3v) is 3.61. The molecule has 0 amide bonds. The summed E-state index contributed by atoms with van der Waals surface area (Å²) in [6, 6.07) is 10.6. The second-order valence-corrected chi connectivity index (χ2v) is 5.25. The van der Waals surface area contributed by atoms with Crippen molar-refractivity contribution in [3.8, 4) is 5.69 Å². The summed E-state index contributed by atoms with van der Waals surface area (Å²) in [5, 5.41) is 8.75. The molecule has 0 aliphatic heterocycles. The van der Waals surface area contributed by atoms with Crippen LogP contribution in [-0.2, 0) is 11.2 Å². The monoisotopic (exact) mass is 283 g/mol. The van der Waals surface area contributed by atoms with Crippen molar-refractivity contribution in [2.24, 2.45) is 0 Å². The Balaban J connectivity index is 2.37. The van der Waals surface area contributed by atoms with Crippen LogP contribution in [0.15, 0.2) is 36.4 Å². The number of nitrogens with zero attached hydrogens (tertiary/aromatic N) is 1. The SMILES string of the molecule is CCCc1ccc(-n2c(C)cc(/C=C/C(=O)O)c2C)cc1. The van der Waals surface area contributed by atoms with Gasteiger partial charge in [-0.3, -0.25) is 0 Å². The molecule has 1 aromatic carbocycles. The van der Waals surface area contributed by atoms with Crippen molar-refractivity contribution in [3.63, 3.8) is 0 Å². The molecule has 0 spiro atoms. The fourth-order valence-corrected chi connectivity index (χ4v) is 2.62. The lowest BCUT2D eigenvalue weighted by Gasteiger charge is -2.10. The van der Waals surface area contributed by atoms with E-state index in [1.54, 1.807) is 6.08 Å². The molecule has 21 heavy (non-hydrogen) atoms. The summed E-state index contributed by atoms with van der Waals surface area (Å²) in [5.41, 5.74) is 5.54. The van der Waals surface area contributed by atoms with Crippen LogP contribution in [0, 0.1) is 13.8 Å². The maximum Gasteiger partial charge on any atom is 0.328 e. The fraction of sp³-hybridized carbons (Fsp3) is 0.278. The van der Waals surface area contributed by atoms with Crippen molar-refractivity contribution >= 4 is 12.0 Å². The van der Waals surface area contributed by atoms with Gasteiger partial charge in [0.25, 0.3) is 0 Å². The number of carbonyl (C=O) groups is 1. The maximum absolute atomic E-state index is 10.7. The zero-order chi connectivity index (χ0) is 15.4. The largest absolute Gasteiger partial charge is 0.478 e. The predicted molar refractivity (Wildman–Crippen MR) is 85.9 cm³/mol. The van der Waals surface area contributed by atoms with E-state index >= 15 is 0 Å². The molecular weight excluding hydrogens is 262 g/mol. The van der Waals surface area contributed by atoms with Gasteiger partial charge in [0.2, 0.25) is 0 Å². The highest BCUT2D eigenvalue weighted by Crippen LogP contribution is 2.22. The molecular formula is C18H21NO2. The van der Waals surface area contributed by atoms with Crippen molar-refractivity contribution in [2.45, 2.75) is 33.6 Å². The fourth-order valence-electron chi connectivity index (χ4n) is 2.62. The molecule has 0 radical (unpaired) electrons. The molecule has 0 fully saturated rings. The van der Waals surface area contributed by atoms with Crippen LogP contribution in [-0.4, -0.2) is 15.6 Å². The Morgan fingerprint density at radius 3 is 2.48 bits per heavy atom. The topological polar surface area (TPSA) is 42.2 Å². The number of carboxylic acid groups (broad SMARTS) is 1. The van der Waals surface area contributed by atoms with Crippen molar-refractivity contribution in [1.82, 2.24) is 4.57 Å². The number of aliphatic carboxylic acids is 1. The van der Waals surface area contributed by atoms with Crippen LogP contribution in [0.4, 0.5) is 0 Å². The minimum atomic E-state index is -0.927. The smallest absolute Gasteiger partial charge is 0.328 e. The third-order valence-electron chi connectivity index (χ3n) is 3.61. The van der Waals surface area contributed by atoms with Crippen LogP contribution in [0.25, 0.3) is 11.8 Å². The summed E-state index contributed by atoms with van der Waals surface area (Å²) in [4.78, 5) is 10.7. The van der Waals surface area contributed by atoms with Crippen LogP contribution < -0.4 is 0 Å². The molecule has 0 atom stereocenters. The molecule has 0 saturated carbocycles. The summed E-state index contributed by atoms with van der Waals surface area (Å²) in [5.74, 6) is -0.927. The minimum absolute atomic E-state index is 0.927. The Kier molecular flexibility index (Phi) is 4.63. The van der Waals surface area contributed by atoms with Gasteiger partial charge in [0.15, 0.2) is 0 Å². The normalized spacial score (nSPS) is 11.2. The second kappa shape index (κ2) is 6.44. The number of aryl methyl sites for hydroxylation is 2. The summed E-state index contributed by atoms with van der Waals surface area (Å²) in [6.45, 7) is 6.22. The van der Waals surface area contributed by atoms with Gasteiger partial charge in [-0.1, -0.05) is 25.5 Å². The zero-order valence-corrected chi connectivity index (χ0v) is 12.8. The number of hydrogen-bond acceptors (Lipinski definition) is 1. The average Bonchev–Trinajstić information content (AvgIpc) is 2.73. The highest BCUT2D eigenvalue weighted by molar-refractivity contribution is 5.85. The molecule has 2 aromatic rings. The van der Waals surface area contributed by atoms with E-state index in [1.807, 2.05) is 19.9 Å².